The van der Waals surface area contributed by atoms with Crippen molar-refractivity contribution in [2.24, 2.45) is 0 Å². The van der Waals surface area contributed by atoms with Crippen molar-refractivity contribution >= 4 is 10.9 Å². The maximum Gasteiger partial charge on any atom is 0.230 e. The molecule has 18 heavy (non-hydrogen) atoms. The van der Waals surface area contributed by atoms with Gasteiger partial charge in [-0.25, -0.2) is 4.98 Å². The number of ether oxygens (including phenoxy) is 1. The molecule has 0 aliphatic rings. The number of para-hydroxylation sites is 1. The molecular weight excluding hydrogens is 224 g/mol. The van der Waals surface area contributed by atoms with E-state index in [0.29, 0.717) is 17.5 Å². The summed E-state index contributed by atoms with van der Waals surface area (Å²) in [6.45, 7) is 9.16. The van der Waals surface area contributed by atoms with Crippen LogP contribution in [0.1, 0.15) is 5.82 Å². The molecule has 0 N–H and O–H groups in total. The van der Waals surface area contributed by atoms with E-state index in [1.165, 1.54) is 0 Å². The zero-order chi connectivity index (χ0) is 13.0. The van der Waals surface area contributed by atoms with Crippen LogP contribution in [0.5, 0.6) is 5.88 Å². The molecule has 0 bridgehead atoms. The molecule has 2 aromatic rings. The largest absolute Gasteiger partial charge is 0.438 e. The van der Waals surface area contributed by atoms with E-state index in [1.807, 2.05) is 31.2 Å². The zero-order valence-corrected chi connectivity index (χ0v) is 10.3. The summed E-state index contributed by atoms with van der Waals surface area (Å²) in [6.07, 6.45) is 5.00. The molecule has 1 aromatic heterocycles. The third-order valence-corrected chi connectivity index (χ3v) is 2.38. The van der Waals surface area contributed by atoms with Crippen molar-refractivity contribution in [1.82, 2.24) is 9.97 Å². The number of allylic oxidation sites excluding steroid dienone is 3. The highest BCUT2D eigenvalue weighted by atomic mass is 16.5. The average Bonchev–Trinajstić information content (AvgIpc) is 2.38. The molecular formula is C15H14N2O. The summed E-state index contributed by atoms with van der Waals surface area (Å²) < 4.78 is 5.72. The van der Waals surface area contributed by atoms with E-state index >= 15 is 0 Å². The number of hydrogen-bond donors (Lipinski definition) is 0. The van der Waals surface area contributed by atoms with Crippen LogP contribution in [0.15, 0.2) is 61.4 Å². The predicted molar refractivity (Wildman–Crippen MR) is 73.4 cm³/mol. The molecule has 0 aliphatic heterocycles. The topological polar surface area (TPSA) is 35.0 Å². The molecule has 2 rings (SSSR count). The Bertz CT molecular complexity index is 629. The smallest absolute Gasteiger partial charge is 0.230 e. The number of aryl methyl sites for hydroxylation is 1. The van der Waals surface area contributed by atoms with Crippen molar-refractivity contribution in [3.63, 3.8) is 0 Å². The number of fused-ring (bicyclic) bond motifs is 1. The molecule has 3 nitrogen and oxygen atoms in total. The molecule has 0 radical (unpaired) electrons. The lowest BCUT2D eigenvalue weighted by molar-refractivity contribution is 0.430. The molecule has 3 heteroatoms. The minimum Gasteiger partial charge on any atom is -0.438 e. The summed E-state index contributed by atoms with van der Waals surface area (Å²) in [4.78, 5) is 8.67. The fraction of sp³-hybridized carbons (Fsp3) is 0.0667. The minimum absolute atomic E-state index is 0.533. The Morgan fingerprint density at radius 2 is 2.00 bits per heavy atom. The molecule has 0 fully saturated rings. The van der Waals surface area contributed by atoms with Gasteiger partial charge < -0.3 is 4.74 Å². The molecule has 0 saturated carbocycles. The maximum atomic E-state index is 5.72. The number of nitrogens with zero attached hydrogens (tertiary/aromatic N) is 2. The summed E-state index contributed by atoms with van der Waals surface area (Å²) in [5.41, 5.74) is 0.863. The van der Waals surface area contributed by atoms with Gasteiger partial charge in [-0.05, 0) is 31.2 Å². The quantitative estimate of drug-likeness (QED) is 0.603. The lowest BCUT2D eigenvalue weighted by Gasteiger charge is -2.08. The van der Waals surface area contributed by atoms with E-state index in [2.05, 4.69) is 23.1 Å². The average molecular weight is 238 g/mol. The first kappa shape index (κ1) is 12.0. The van der Waals surface area contributed by atoms with E-state index < -0.39 is 0 Å². The second-order valence-corrected chi connectivity index (χ2v) is 3.70. The van der Waals surface area contributed by atoms with Gasteiger partial charge in [-0.15, -0.1) is 0 Å². The highest BCUT2D eigenvalue weighted by Crippen LogP contribution is 2.23. The van der Waals surface area contributed by atoms with Crippen LogP contribution >= 0.6 is 0 Å². The van der Waals surface area contributed by atoms with Crippen LogP contribution in [0.4, 0.5) is 0 Å². The summed E-state index contributed by atoms with van der Waals surface area (Å²) in [5, 5.41) is 0.875. The monoisotopic (exact) mass is 238 g/mol. The summed E-state index contributed by atoms with van der Waals surface area (Å²) in [7, 11) is 0. The molecule has 0 saturated heterocycles. The van der Waals surface area contributed by atoms with Crippen LogP contribution in [0.2, 0.25) is 0 Å². The highest BCUT2D eigenvalue weighted by Gasteiger charge is 2.07. The van der Waals surface area contributed by atoms with E-state index in [4.69, 9.17) is 4.74 Å². The van der Waals surface area contributed by atoms with Gasteiger partial charge in [0.2, 0.25) is 5.88 Å². The van der Waals surface area contributed by atoms with E-state index in [0.717, 1.165) is 10.9 Å². The Morgan fingerprint density at radius 1 is 1.22 bits per heavy atom. The van der Waals surface area contributed by atoms with Gasteiger partial charge in [-0.1, -0.05) is 31.4 Å². The van der Waals surface area contributed by atoms with Crippen LogP contribution < -0.4 is 4.74 Å². The van der Waals surface area contributed by atoms with Gasteiger partial charge in [0.05, 0.1) is 10.9 Å². The lowest BCUT2D eigenvalue weighted by atomic mass is 10.2. The Labute approximate surface area is 106 Å². The summed E-state index contributed by atoms with van der Waals surface area (Å²) >= 11 is 0. The van der Waals surface area contributed by atoms with Crippen LogP contribution in [0.25, 0.3) is 10.9 Å². The molecule has 0 aliphatic carbocycles. The summed E-state index contributed by atoms with van der Waals surface area (Å²) in [5.74, 6) is 1.81. The number of rotatable bonds is 4. The molecule has 1 heterocycles. The Balaban J connectivity index is 2.53. The second-order valence-electron chi connectivity index (χ2n) is 3.70. The van der Waals surface area contributed by atoms with Crippen molar-refractivity contribution in [3.05, 3.63) is 67.2 Å². The van der Waals surface area contributed by atoms with Crippen molar-refractivity contribution in [3.8, 4) is 5.88 Å². The SMILES string of the molecule is C=C/C=C(\C=C)Oc1nc(C)nc2ccccc12. The van der Waals surface area contributed by atoms with Crippen molar-refractivity contribution in [1.29, 1.82) is 0 Å². The minimum atomic E-state index is 0.533. The van der Waals surface area contributed by atoms with E-state index in [9.17, 15) is 0 Å². The van der Waals surface area contributed by atoms with Crippen molar-refractivity contribution in [2.45, 2.75) is 6.92 Å². The van der Waals surface area contributed by atoms with Gasteiger partial charge in [-0.2, -0.15) is 4.98 Å². The van der Waals surface area contributed by atoms with Gasteiger partial charge in [0.1, 0.15) is 11.6 Å². The second kappa shape index (κ2) is 5.27. The third kappa shape index (κ3) is 2.46. The fourth-order valence-corrected chi connectivity index (χ4v) is 1.61. The third-order valence-electron chi connectivity index (χ3n) is 2.38. The first-order chi connectivity index (χ1) is 8.74. The Hall–Kier alpha value is -2.42. The van der Waals surface area contributed by atoms with Gasteiger partial charge >= 0.3 is 0 Å². The summed E-state index contributed by atoms with van der Waals surface area (Å²) in [6, 6.07) is 7.73. The van der Waals surface area contributed by atoms with Gasteiger partial charge in [0.25, 0.3) is 0 Å². The lowest BCUT2D eigenvalue weighted by Crippen LogP contribution is -1.98. The maximum absolute atomic E-state index is 5.72. The normalized spacial score (nSPS) is 11.3. The Kier molecular flexibility index (Phi) is 3.53. The predicted octanol–water partition coefficient (Wildman–Crippen LogP) is 3.57. The first-order valence-corrected chi connectivity index (χ1v) is 5.61. The van der Waals surface area contributed by atoms with Crippen LogP contribution in [-0.4, -0.2) is 9.97 Å². The molecule has 0 unspecified atom stereocenters. The van der Waals surface area contributed by atoms with E-state index in [-0.39, 0.29) is 0 Å². The zero-order valence-electron chi connectivity index (χ0n) is 10.3. The molecule has 1 aromatic carbocycles. The highest BCUT2D eigenvalue weighted by molar-refractivity contribution is 5.83. The standard InChI is InChI=1S/C15H14N2O/c1-4-8-12(5-2)18-15-13-9-6-7-10-14(13)16-11(3)17-15/h4-10H,1-2H2,3H3/b12-8+. The van der Waals surface area contributed by atoms with E-state index in [1.54, 1.807) is 18.2 Å². The van der Waals surface area contributed by atoms with Gasteiger partial charge in [0, 0.05) is 0 Å². The van der Waals surface area contributed by atoms with Crippen LogP contribution in [-0.2, 0) is 0 Å². The fourth-order valence-electron chi connectivity index (χ4n) is 1.61. The van der Waals surface area contributed by atoms with Gasteiger partial charge in [0.15, 0.2) is 0 Å². The van der Waals surface area contributed by atoms with Crippen molar-refractivity contribution in [2.75, 3.05) is 0 Å². The van der Waals surface area contributed by atoms with Crippen molar-refractivity contribution < 1.29 is 4.74 Å². The van der Waals surface area contributed by atoms with Gasteiger partial charge in [-0.3, -0.25) is 0 Å². The first-order valence-electron chi connectivity index (χ1n) is 5.61. The number of aromatic nitrogens is 2. The Morgan fingerprint density at radius 3 is 2.72 bits per heavy atom. The molecule has 0 spiro atoms. The number of benzene rings is 1. The molecule has 0 atom stereocenters. The van der Waals surface area contributed by atoms with Crippen LogP contribution in [0, 0.1) is 6.92 Å². The number of hydrogen-bond acceptors (Lipinski definition) is 3. The molecule has 90 valence electrons. The molecule has 0 amide bonds. The van der Waals surface area contributed by atoms with Crippen LogP contribution in [0.3, 0.4) is 0 Å².